The van der Waals surface area contributed by atoms with Crippen molar-refractivity contribution >= 4 is 11.9 Å². The molecular formula is C15H24O4. The highest BCUT2D eigenvalue weighted by molar-refractivity contribution is 5.71. The van der Waals surface area contributed by atoms with Crippen LogP contribution in [0.5, 0.6) is 0 Å². The van der Waals surface area contributed by atoms with Crippen molar-refractivity contribution in [3.8, 4) is 0 Å². The van der Waals surface area contributed by atoms with Gasteiger partial charge in [-0.25, -0.2) is 0 Å². The topological polar surface area (TPSA) is 63.6 Å². The molecule has 1 N–H and O–H groups in total. The second-order valence-corrected chi connectivity index (χ2v) is 5.65. The van der Waals surface area contributed by atoms with Gasteiger partial charge in [0, 0.05) is 18.8 Å². The smallest absolute Gasteiger partial charge is 0.306 e. The van der Waals surface area contributed by atoms with Crippen LogP contribution in [0.3, 0.4) is 0 Å². The zero-order valence-electron chi connectivity index (χ0n) is 11.9. The van der Waals surface area contributed by atoms with Crippen molar-refractivity contribution in [3.05, 3.63) is 12.2 Å². The molecule has 0 aromatic carbocycles. The summed E-state index contributed by atoms with van der Waals surface area (Å²) in [7, 11) is 0. The highest BCUT2D eigenvalue weighted by Gasteiger charge is 2.31. The van der Waals surface area contributed by atoms with Gasteiger partial charge in [0.25, 0.3) is 0 Å². The quantitative estimate of drug-likeness (QED) is 0.593. The lowest BCUT2D eigenvalue weighted by atomic mass is 9.77. The lowest BCUT2D eigenvalue weighted by Gasteiger charge is -2.34. The van der Waals surface area contributed by atoms with Crippen molar-refractivity contribution < 1.29 is 19.4 Å². The summed E-state index contributed by atoms with van der Waals surface area (Å²) in [5, 5.41) is 8.53. The zero-order valence-corrected chi connectivity index (χ0v) is 11.9. The van der Waals surface area contributed by atoms with Gasteiger partial charge in [0.1, 0.15) is 6.10 Å². The average Bonchev–Trinajstić information content (AvgIpc) is 2.27. The van der Waals surface area contributed by atoms with Gasteiger partial charge in [-0.2, -0.15) is 0 Å². The third-order valence-electron chi connectivity index (χ3n) is 3.74. The summed E-state index contributed by atoms with van der Waals surface area (Å²) < 4.78 is 5.52. The maximum Gasteiger partial charge on any atom is 0.306 e. The van der Waals surface area contributed by atoms with Gasteiger partial charge in [-0.1, -0.05) is 19.1 Å². The van der Waals surface area contributed by atoms with Crippen LogP contribution >= 0.6 is 0 Å². The Morgan fingerprint density at radius 2 is 2.00 bits per heavy atom. The van der Waals surface area contributed by atoms with Crippen LogP contribution in [0.2, 0.25) is 0 Å². The lowest BCUT2D eigenvalue weighted by Crippen LogP contribution is -2.33. The molecule has 0 heterocycles. The van der Waals surface area contributed by atoms with E-state index in [1.54, 1.807) is 0 Å². The molecule has 1 saturated carbocycles. The first-order chi connectivity index (χ1) is 8.90. The van der Waals surface area contributed by atoms with Crippen LogP contribution in [0.25, 0.3) is 0 Å². The van der Waals surface area contributed by atoms with E-state index in [1.807, 2.05) is 6.92 Å². The summed E-state index contributed by atoms with van der Waals surface area (Å²) in [6.45, 7) is 8.12. The monoisotopic (exact) mass is 268 g/mol. The Morgan fingerprint density at radius 3 is 2.58 bits per heavy atom. The van der Waals surface area contributed by atoms with Gasteiger partial charge in [-0.15, -0.1) is 0 Å². The zero-order chi connectivity index (χ0) is 14.4. The van der Waals surface area contributed by atoms with Crippen molar-refractivity contribution in [3.63, 3.8) is 0 Å². The molecule has 4 nitrogen and oxygen atoms in total. The highest BCUT2D eigenvalue weighted by atomic mass is 16.5. The third kappa shape index (κ3) is 5.45. The molecule has 4 heteroatoms. The number of aliphatic carboxylic acids is 1. The van der Waals surface area contributed by atoms with Crippen LogP contribution in [-0.4, -0.2) is 23.1 Å². The number of hydrogen-bond acceptors (Lipinski definition) is 3. The molecule has 108 valence electrons. The summed E-state index contributed by atoms with van der Waals surface area (Å²) in [4.78, 5) is 22.1. The van der Waals surface area contributed by atoms with E-state index in [-0.39, 0.29) is 30.8 Å². The molecule has 3 atom stereocenters. The van der Waals surface area contributed by atoms with Gasteiger partial charge in [0.15, 0.2) is 0 Å². The van der Waals surface area contributed by atoms with E-state index in [4.69, 9.17) is 9.84 Å². The molecule has 1 aliphatic rings. The van der Waals surface area contributed by atoms with Crippen LogP contribution in [0.1, 0.15) is 52.4 Å². The maximum absolute atomic E-state index is 11.7. The lowest BCUT2D eigenvalue weighted by molar-refractivity contribution is -0.153. The summed E-state index contributed by atoms with van der Waals surface area (Å²) >= 11 is 0. The highest BCUT2D eigenvalue weighted by Crippen LogP contribution is 2.34. The van der Waals surface area contributed by atoms with Crippen molar-refractivity contribution in [2.45, 2.75) is 58.5 Å². The molecule has 0 aromatic rings. The van der Waals surface area contributed by atoms with Gasteiger partial charge in [0.05, 0.1) is 0 Å². The molecular weight excluding hydrogens is 244 g/mol. The van der Waals surface area contributed by atoms with Crippen LogP contribution in [-0.2, 0) is 14.3 Å². The van der Waals surface area contributed by atoms with Crippen molar-refractivity contribution in [1.82, 2.24) is 0 Å². The Morgan fingerprint density at radius 1 is 1.32 bits per heavy atom. The fraction of sp³-hybridized carbons (Fsp3) is 0.733. The number of rotatable bonds is 6. The minimum absolute atomic E-state index is 0.0140. The van der Waals surface area contributed by atoms with Gasteiger partial charge in [0.2, 0.25) is 0 Å². The molecule has 1 rings (SSSR count). The molecule has 0 aromatic heterocycles. The first kappa shape index (κ1) is 15.7. The number of carbonyl (C=O) groups excluding carboxylic acids is 1. The van der Waals surface area contributed by atoms with E-state index in [0.29, 0.717) is 12.3 Å². The minimum atomic E-state index is -0.876. The Kier molecular flexibility index (Phi) is 6.06. The fourth-order valence-electron chi connectivity index (χ4n) is 2.63. The molecule has 1 fully saturated rings. The maximum atomic E-state index is 11.7. The molecule has 0 radical (unpaired) electrons. The molecule has 0 bridgehead atoms. The normalized spacial score (nSPS) is 26.7. The van der Waals surface area contributed by atoms with E-state index in [2.05, 4.69) is 13.5 Å². The molecule has 0 spiro atoms. The Hall–Kier alpha value is -1.32. The van der Waals surface area contributed by atoms with E-state index < -0.39 is 5.97 Å². The average molecular weight is 268 g/mol. The van der Waals surface area contributed by atoms with Crippen molar-refractivity contribution in [2.24, 2.45) is 11.8 Å². The van der Waals surface area contributed by atoms with E-state index in [0.717, 1.165) is 24.8 Å². The molecule has 19 heavy (non-hydrogen) atoms. The SMILES string of the molecule is C=C(C)[C@@H]1CC[C@@H](C)C[C@H]1OC(=O)CCCC(=O)O. The number of ether oxygens (including phenoxy) is 1. The summed E-state index contributed by atoms with van der Waals surface area (Å²) in [5.74, 6) is -0.349. The summed E-state index contributed by atoms with van der Waals surface area (Å²) in [6.07, 6.45) is 3.49. The van der Waals surface area contributed by atoms with Gasteiger partial charge < -0.3 is 9.84 Å². The fourth-order valence-corrected chi connectivity index (χ4v) is 2.63. The predicted molar refractivity (Wildman–Crippen MR) is 72.7 cm³/mol. The van der Waals surface area contributed by atoms with Gasteiger partial charge in [-0.3, -0.25) is 9.59 Å². The largest absolute Gasteiger partial charge is 0.481 e. The number of carbonyl (C=O) groups is 2. The molecule has 0 saturated heterocycles. The third-order valence-corrected chi connectivity index (χ3v) is 3.74. The van der Waals surface area contributed by atoms with E-state index >= 15 is 0 Å². The van der Waals surface area contributed by atoms with Crippen LogP contribution in [0.4, 0.5) is 0 Å². The number of esters is 1. The second-order valence-electron chi connectivity index (χ2n) is 5.65. The van der Waals surface area contributed by atoms with E-state index in [1.165, 1.54) is 0 Å². The van der Waals surface area contributed by atoms with E-state index in [9.17, 15) is 9.59 Å². The first-order valence-corrected chi connectivity index (χ1v) is 6.96. The van der Waals surface area contributed by atoms with Crippen molar-refractivity contribution in [2.75, 3.05) is 0 Å². The number of carboxylic acid groups (broad SMARTS) is 1. The predicted octanol–water partition coefficient (Wildman–Crippen LogP) is 3.17. The first-order valence-electron chi connectivity index (χ1n) is 6.96. The second kappa shape index (κ2) is 7.31. The molecule has 0 unspecified atom stereocenters. The Bertz CT molecular complexity index is 348. The van der Waals surface area contributed by atoms with Crippen LogP contribution in [0.15, 0.2) is 12.2 Å². The Labute approximate surface area is 114 Å². The summed E-state index contributed by atoms with van der Waals surface area (Å²) in [5.41, 5.74) is 1.07. The number of carboxylic acids is 1. The molecule has 0 amide bonds. The van der Waals surface area contributed by atoms with Crippen molar-refractivity contribution in [1.29, 1.82) is 0 Å². The molecule has 1 aliphatic carbocycles. The number of hydrogen-bond donors (Lipinski definition) is 1. The van der Waals surface area contributed by atoms with Crippen LogP contribution < -0.4 is 0 Å². The minimum Gasteiger partial charge on any atom is -0.481 e. The van der Waals surface area contributed by atoms with Gasteiger partial charge >= 0.3 is 11.9 Å². The standard InChI is InChI=1S/C15H24O4/c1-10(2)12-8-7-11(3)9-13(12)19-15(18)6-4-5-14(16)17/h11-13H,1,4-9H2,2-3H3,(H,16,17)/t11-,12+,13-/m1/s1. The van der Waals surface area contributed by atoms with Crippen LogP contribution in [0, 0.1) is 11.8 Å². The Balaban J connectivity index is 2.44. The van der Waals surface area contributed by atoms with Gasteiger partial charge in [-0.05, 0) is 38.5 Å². The summed E-state index contributed by atoms with van der Waals surface area (Å²) in [6, 6.07) is 0. The molecule has 0 aliphatic heterocycles.